The maximum absolute atomic E-state index is 11.9. The number of nitrogens with zero attached hydrogens (tertiary/aromatic N) is 1. The highest BCUT2D eigenvalue weighted by Gasteiger charge is 2.40. The van der Waals surface area contributed by atoms with Gasteiger partial charge in [-0.1, -0.05) is 40.0 Å². The molecule has 0 aliphatic heterocycles. The lowest BCUT2D eigenvalue weighted by atomic mass is 10.4. The van der Waals surface area contributed by atoms with E-state index in [1.54, 1.807) is 0 Å². The van der Waals surface area contributed by atoms with Crippen molar-refractivity contribution < 1.29 is 13.3 Å². The molecule has 0 fully saturated rings. The van der Waals surface area contributed by atoms with E-state index in [1.807, 2.05) is 0 Å². The minimum atomic E-state index is -2.91. The summed E-state index contributed by atoms with van der Waals surface area (Å²) < 4.78 is 19.4. The lowest BCUT2D eigenvalue weighted by Gasteiger charge is -2.30. The Kier molecular flexibility index (Phi) is 12.0. The maximum Gasteiger partial charge on any atom is 0.501 e. The van der Waals surface area contributed by atoms with Gasteiger partial charge in [-0.15, -0.1) is 0 Å². The van der Waals surface area contributed by atoms with Gasteiger partial charge in [-0.3, -0.25) is 9.97 Å². The predicted molar refractivity (Wildman–Crippen MR) is 110 cm³/mol. The van der Waals surface area contributed by atoms with Crippen LogP contribution in [0.25, 0.3) is 0 Å². The van der Waals surface area contributed by atoms with Crippen molar-refractivity contribution in [3.05, 3.63) is 31.5 Å². The second kappa shape index (κ2) is 13.6. The zero-order valence-electron chi connectivity index (χ0n) is 17.4. The molecule has 2 N–H and O–H groups in total. The van der Waals surface area contributed by atoms with E-state index in [0.29, 0.717) is 32.3 Å². The molecule has 0 atom stereocenters. The van der Waals surface area contributed by atoms with Crippen molar-refractivity contribution in [2.75, 3.05) is 19.8 Å². The molecule has 1 aromatic heterocycles. The van der Waals surface area contributed by atoms with E-state index < -0.39 is 25.9 Å². The molecule has 0 aliphatic carbocycles. The largest absolute Gasteiger partial charge is 0.501 e. The Balaban J connectivity index is 2.86. The van der Waals surface area contributed by atoms with Crippen molar-refractivity contribution in [3.63, 3.8) is 0 Å². The third-order valence-corrected chi connectivity index (χ3v) is 7.15. The lowest BCUT2D eigenvalue weighted by Crippen LogP contribution is -2.47. The standard InChI is InChI=1S/C18H35N3O6Si/c1-4-7-12-25-28(26-13-8-5-2,27-14-9-6-3)15-10-11-21-17(23)19-16(22)20-18(21)24/h4-15H2,1-3H3,(H2,19,20,22,23,24). The van der Waals surface area contributed by atoms with E-state index in [9.17, 15) is 14.4 Å². The fourth-order valence-electron chi connectivity index (χ4n) is 2.57. The van der Waals surface area contributed by atoms with Crippen LogP contribution in [-0.4, -0.2) is 43.2 Å². The fraction of sp³-hybridized carbons (Fsp3) is 0.833. The molecule has 0 saturated carbocycles. The summed E-state index contributed by atoms with van der Waals surface area (Å²) in [6.07, 6.45) is 6.27. The summed E-state index contributed by atoms with van der Waals surface area (Å²) in [5.41, 5.74) is -2.23. The van der Waals surface area contributed by atoms with Crippen molar-refractivity contribution in [1.82, 2.24) is 14.5 Å². The number of nitrogens with one attached hydrogen (secondary N) is 2. The van der Waals surface area contributed by atoms with Gasteiger partial charge >= 0.3 is 25.9 Å². The van der Waals surface area contributed by atoms with E-state index in [2.05, 4.69) is 30.7 Å². The quantitative estimate of drug-likeness (QED) is 0.314. The zero-order valence-corrected chi connectivity index (χ0v) is 18.4. The average Bonchev–Trinajstić information content (AvgIpc) is 2.64. The Hall–Kier alpha value is -1.49. The smallest absolute Gasteiger partial charge is 0.373 e. The fourth-order valence-corrected chi connectivity index (χ4v) is 5.21. The van der Waals surface area contributed by atoms with Crippen LogP contribution in [0.5, 0.6) is 0 Å². The highest BCUT2D eigenvalue weighted by molar-refractivity contribution is 6.60. The van der Waals surface area contributed by atoms with Crippen LogP contribution in [0.1, 0.15) is 65.7 Å². The highest BCUT2D eigenvalue weighted by Crippen LogP contribution is 2.20. The van der Waals surface area contributed by atoms with Crippen molar-refractivity contribution >= 4 is 8.80 Å². The van der Waals surface area contributed by atoms with Crippen LogP contribution in [0.4, 0.5) is 0 Å². The van der Waals surface area contributed by atoms with E-state index >= 15 is 0 Å². The molecule has 9 nitrogen and oxygen atoms in total. The molecule has 0 saturated heterocycles. The number of hydrogen-bond donors (Lipinski definition) is 2. The van der Waals surface area contributed by atoms with Crippen molar-refractivity contribution in [3.8, 4) is 0 Å². The summed E-state index contributed by atoms with van der Waals surface area (Å²) in [6.45, 7) is 8.15. The summed E-state index contributed by atoms with van der Waals surface area (Å²) >= 11 is 0. The molecule has 162 valence electrons. The first-order valence-electron chi connectivity index (χ1n) is 10.3. The van der Waals surface area contributed by atoms with Gasteiger partial charge in [-0.05, 0) is 25.7 Å². The molecule has 1 rings (SSSR count). The SMILES string of the molecule is CCCCO[Si](CCCn1c(=O)[nH]c(=O)[nH]c1=O)(OCCCC)OCCCC. The van der Waals surface area contributed by atoms with E-state index in [-0.39, 0.29) is 6.54 Å². The van der Waals surface area contributed by atoms with Crippen LogP contribution < -0.4 is 17.1 Å². The van der Waals surface area contributed by atoms with E-state index in [1.165, 1.54) is 0 Å². The Morgan fingerprint density at radius 2 is 1.18 bits per heavy atom. The molecule has 10 heteroatoms. The molecule has 0 amide bonds. The minimum Gasteiger partial charge on any atom is -0.373 e. The van der Waals surface area contributed by atoms with Gasteiger partial charge < -0.3 is 13.3 Å². The number of hydrogen-bond acceptors (Lipinski definition) is 6. The van der Waals surface area contributed by atoms with Crippen molar-refractivity contribution in [2.45, 2.75) is 78.3 Å². The lowest BCUT2D eigenvalue weighted by molar-refractivity contribution is 0.0555. The van der Waals surface area contributed by atoms with Gasteiger partial charge in [-0.2, -0.15) is 0 Å². The van der Waals surface area contributed by atoms with Crippen molar-refractivity contribution in [2.24, 2.45) is 0 Å². The van der Waals surface area contributed by atoms with E-state index in [0.717, 1.165) is 43.1 Å². The molecule has 0 unspecified atom stereocenters. The normalized spacial score (nSPS) is 11.8. The second-order valence-electron chi connectivity index (χ2n) is 6.73. The van der Waals surface area contributed by atoms with Crippen LogP contribution in [-0.2, 0) is 19.8 Å². The van der Waals surface area contributed by atoms with Gasteiger partial charge in [-0.25, -0.2) is 19.0 Å². The summed E-state index contributed by atoms with van der Waals surface area (Å²) in [6, 6.07) is 0.509. The maximum atomic E-state index is 11.9. The van der Waals surface area contributed by atoms with Gasteiger partial charge in [0, 0.05) is 32.4 Å². The number of rotatable bonds is 16. The number of aromatic amines is 2. The van der Waals surface area contributed by atoms with Crippen LogP contribution in [0.3, 0.4) is 0 Å². The van der Waals surface area contributed by atoms with Gasteiger partial charge in [0.05, 0.1) is 0 Å². The third kappa shape index (κ3) is 8.68. The van der Waals surface area contributed by atoms with E-state index in [4.69, 9.17) is 13.3 Å². The molecular weight excluding hydrogens is 382 g/mol. The number of aromatic nitrogens is 3. The number of H-pyrrole nitrogens is 2. The van der Waals surface area contributed by atoms with Gasteiger partial charge in [0.15, 0.2) is 0 Å². The number of unbranched alkanes of at least 4 members (excludes halogenated alkanes) is 3. The first-order chi connectivity index (χ1) is 13.5. The molecule has 0 aromatic carbocycles. The minimum absolute atomic E-state index is 0.158. The molecule has 1 heterocycles. The molecular formula is C18H35N3O6Si. The Bertz CT molecular complexity index is 653. The van der Waals surface area contributed by atoms with Crippen molar-refractivity contribution in [1.29, 1.82) is 0 Å². The van der Waals surface area contributed by atoms with Gasteiger partial charge in [0.25, 0.3) is 0 Å². The van der Waals surface area contributed by atoms with Crippen LogP contribution in [0.2, 0.25) is 6.04 Å². The second-order valence-corrected chi connectivity index (χ2v) is 9.47. The summed E-state index contributed by atoms with van der Waals surface area (Å²) in [4.78, 5) is 39.0. The van der Waals surface area contributed by atoms with Crippen LogP contribution >= 0.6 is 0 Å². The first kappa shape index (κ1) is 24.5. The summed E-state index contributed by atoms with van der Waals surface area (Å²) in [7, 11) is -2.91. The third-order valence-electron chi connectivity index (χ3n) is 4.26. The average molecular weight is 418 g/mol. The Morgan fingerprint density at radius 3 is 1.57 bits per heavy atom. The Morgan fingerprint density at radius 1 is 0.750 bits per heavy atom. The molecule has 0 radical (unpaired) electrons. The molecule has 0 bridgehead atoms. The first-order valence-corrected chi connectivity index (χ1v) is 12.3. The summed E-state index contributed by atoms with van der Waals surface area (Å²) in [5.74, 6) is 0. The van der Waals surface area contributed by atoms with Gasteiger partial charge in [0.1, 0.15) is 0 Å². The topological polar surface area (TPSA) is 115 Å². The van der Waals surface area contributed by atoms with Gasteiger partial charge in [0.2, 0.25) is 0 Å². The Labute approximate surface area is 166 Å². The zero-order chi connectivity index (χ0) is 20.8. The molecule has 28 heavy (non-hydrogen) atoms. The monoisotopic (exact) mass is 417 g/mol. The highest BCUT2D eigenvalue weighted by atomic mass is 28.4. The molecule has 0 aliphatic rings. The molecule has 1 aromatic rings. The molecule has 0 spiro atoms. The van der Waals surface area contributed by atoms with Crippen LogP contribution in [0, 0.1) is 0 Å². The predicted octanol–water partition coefficient (Wildman–Crippen LogP) is 2.00. The summed E-state index contributed by atoms with van der Waals surface area (Å²) in [5, 5.41) is 0. The van der Waals surface area contributed by atoms with Crippen LogP contribution in [0.15, 0.2) is 14.4 Å².